The van der Waals surface area contributed by atoms with Gasteiger partial charge in [0.1, 0.15) is 0 Å². The summed E-state index contributed by atoms with van der Waals surface area (Å²) in [7, 11) is 0. The Kier molecular flexibility index (Phi) is 4.26. The molecule has 2 rings (SSSR count). The average molecular weight is 224 g/mol. The second-order valence-corrected chi connectivity index (χ2v) is 6.11. The molecule has 2 fully saturated rings. The van der Waals surface area contributed by atoms with Crippen molar-refractivity contribution in [3.63, 3.8) is 0 Å². The van der Waals surface area contributed by atoms with Crippen LogP contribution >= 0.6 is 0 Å². The minimum Gasteiger partial charge on any atom is -0.313 e. The lowest BCUT2D eigenvalue weighted by atomic mass is 10.2. The van der Waals surface area contributed by atoms with E-state index in [1.165, 1.54) is 45.3 Å². The Hall–Kier alpha value is -0.0800. The summed E-state index contributed by atoms with van der Waals surface area (Å²) in [4.78, 5) is 2.64. The maximum absolute atomic E-state index is 3.68. The van der Waals surface area contributed by atoms with Crippen LogP contribution in [0.3, 0.4) is 0 Å². The number of hydrogen-bond donors (Lipinski definition) is 1. The first-order valence-corrected chi connectivity index (χ1v) is 7.14. The number of nitrogens with one attached hydrogen (secondary N) is 1. The third kappa shape index (κ3) is 4.06. The molecule has 0 aromatic rings. The molecule has 0 aliphatic heterocycles. The minimum atomic E-state index is 0.707. The molecule has 0 bridgehead atoms. The third-order valence-electron chi connectivity index (χ3n) is 4.11. The van der Waals surface area contributed by atoms with Crippen LogP contribution in [-0.4, -0.2) is 36.6 Å². The molecule has 2 aliphatic carbocycles. The van der Waals surface area contributed by atoms with Crippen LogP contribution in [0.15, 0.2) is 0 Å². The fourth-order valence-corrected chi connectivity index (χ4v) is 2.39. The Balaban J connectivity index is 1.60. The molecule has 0 spiro atoms. The maximum atomic E-state index is 3.68. The van der Waals surface area contributed by atoms with Crippen molar-refractivity contribution in [2.24, 2.45) is 11.8 Å². The van der Waals surface area contributed by atoms with Crippen molar-refractivity contribution in [1.82, 2.24) is 10.2 Å². The lowest BCUT2D eigenvalue weighted by Gasteiger charge is -2.27. The van der Waals surface area contributed by atoms with Crippen LogP contribution in [0.5, 0.6) is 0 Å². The van der Waals surface area contributed by atoms with E-state index in [2.05, 4.69) is 31.0 Å². The third-order valence-corrected chi connectivity index (χ3v) is 4.11. The van der Waals surface area contributed by atoms with Gasteiger partial charge < -0.3 is 5.32 Å². The van der Waals surface area contributed by atoms with Gasteiger partial charge in [0.15, 0.2) is 0 Å². The van der Waals surface area contributed by atoms with Crippen molar-refractivity contribution < 1.29 is 0 Å². The van der Waals surface area contributed by atoms with E-state index in [1.807, 2.05) is 0 Å². The molecule has 94 valence electrons. The van der Waals surface area contributed by atoms with E-state index in [9.17, 15) is 0 Å². The molecule has 2 saturated carbocycles. The van der Waals surface area contributed by atoms with E-state index in [-0.39, 0.29) is 0 Å². The Morgan fingerprint density at radius 1 is 1.12 bits per heavy atom. The van der Waals surface area contributed by atoms with Gasteiger partial charge in [0.2, 0.25) is 0 Å². The molecule has 0 aromatic heterocycles. The monoisotopic (exact) mass is 224 g/mol. The molecule has 2 heteroatoms. The van der Waals surface area contributed by atoms with E-state index in [0.29, 0.717) is 6.04 Å². The summed E-state index contributed by atoms with van der Waals surface area (Å²) in [6.45, 7) is 10.7. The quantitative estimate of drug-likeness (QED) is 0.681. The van der Waals surface area contributed by atoms with Gasteiger partial charge in [-0.3, -0.25) is 4.90 Å². The SMILES string of the molecule is CC(NCCN(CC1CC1)C(C)C)C1CC1. The largest absolute Gasteiger partial charge is 0.313 e. The van der Waals surface area contributed by atoms with E-state index >= 15 is 0 Å². The van der Waals surface area contributed by atoms with Crippen molar-refractivity contribution in [3.05, 3.63) is 0 Å². The predicted molar refractivity (Wildman–Crippen MR) is 69.6 cm³/mol. The molecule has 0 saturated heterocycles. The molecule has 0 amide bonds. The number of rotatable bonds is 8. The Morgan fingerprint density at radius 3 is 2.31 bits per heavy atom. The van der Waals surface area contributed by atoms with Crippen LogP contribution < -0.4 is 5.32 Å². The highest BCUT2D eigenvalue weighted by molar-refractivity contribution is 4.84. The summed E-state index contributed by atoms with van der Waals surface area (Å²) in [6, 6.07) is 1.45. The van der Waals surface area contributed by atoms with Gasteiger partial charge in [-0.25, -0.2) is 0 Å². The first-order chi connectivity index (χ1) is 7.66. The molecule has 16 heavy (non-hydrogen) atoms. The van der Waals surface area contributed by atoms with E-state index in [1.54, 1.807) is 0 Å². The molecule has 0 heterocycles. The van der Waals surface area contributed by atoms with E-state index in [4.69, 9.17) is 0 Å². The normalized spacial score (nSPS) is 23.1. The standard InChI is InChI=1S/C14H28N2/c1-11(2)16(10-13-4-5-13)9-8-15-12(3)14-6-7-14/h11-15H,4-10H2,1-3H3. The zero-order chi connectivity index (χ0) is 11.5. The van der Waals surface area contributed by atoms with Gasteiger partial charge >= 0.3 is 0 Å². The van der Waals surface area contributed by atoms with Gasteiger partial charge in [0.25, 0.3) is 0 Å². The zero-order valence-electron chi connectivity index (χ0n) is 11.2. The molecule has 1 atom stereocenters. The second-order valence-electron chi connectivity index (χ2n) is 6.11. The van der Waals surface area contributed by atoms with Crippen LogP contribution in [0, 0.1) is 11.8 Å². The molecule has 1 N–H and O–H groups in total. The lowest BCUT2D eigenvalue weighted by Crippen LogP contribution is -2.40. The summed E-state index contributed by atoms with van der Waals surface area (Å²) in [5, 5.41) is 3.68. The summed E-state index contributed by atoms with van der Waals surface area (Å²) < 4.78 is 0. The van der Waals surface area contributed by atoms with Gasteiger partial charge in [0, 0.05) is 31.7 Å². The molecule has 0 radical (unpaired) electrons. The highest BCUT2D eigenvalue weighted by Crippen LogP contribution is 2.32. The molecule has 2 aliphatic rings. The summed E-state index contributed by atoms with van der Waals surface area (Å²) in [5.41, 5.74) is 0. The maximum Gasteiger partial charge on any atom is 0.0110 e. The minimum absolute atomic E-state index is 0.707. The van der Waals surface area contributed by atoms with Gasteiger partial charge in [-0.05, 0) is 58.3 Å². The zero-order valence-corrected chi connectivity index (χ0v) is 11.2. The summed E-state index contributed by atoms with van der Waals surface area (Å²) in [5.74, 6) is 2.00. The van der Waals surface area contributed by atoms with Crippen LogP contribution in [-0.2, 0) is 0 Å². The van der Waals surface area contributed by atoms with Gasteiger partial charge in [-0.15, -0.1) is 0 Å². The van der Waals surface area contributed by atoms with Crippen molar-refractivity contribution >= 4 is 0 Å². The topological polar surface area (TPSA) is 15.3 Å². The highest BCUT2D eigenvalue weighted by atomic mass is 15.2. The molecular weight excluding hydrogens is 196 g/mol. The molecule has 2 nitrogen and oxygen atoms in total. The summed E-state index contributed by atoms with van der Waals surface area (Å²) in [6.07, 6.45) is 5.83. The van der Waals surface area contributed by atoms with Gasteiger partial charge in [0.05, 0.1) is 0 Å². The van der Waals surface area contributed by atoms with Crippen LogP contribution in [0.25, 0.3) is 0 Å². The van der Waals surface area contributed by atoms with Crippen LogP contribution in [0.4, 0.5) is 0 Å². The molecular formula is C14H28N2. The van der Waals surface area contributed by atoms with Crippen molar-refractivity contribution in [3.8, 4) is 0 Å². The Bertz CT molecular complexity index is 207. The Morgan fingerprint density at radius 2 is 1.81 bits per heavy atom. The summed E-state index contributed by atoms with van der Waals surface area (Å²) >= 11 is 0. The lowest BCUT2D eigenvalue weighted by molar-refractivity contribution is 0.210. The average Bonchev–Trinajstić information content (AvgIpc) is 3.09. The van der Waals surface area contributed by atoms with Crippen LogP contribution in [0.1, 0.15) is 46.5 Å². The van der Waals surface area contributed by atoms with E-state index in [0.717, 1.165) is 17.9 Å². The van der Waals surface area contributed by atoms with Crippen molar-refractivity contribution in [2.75, 3.05) is 19.6 Å². The first-order valence-electron chi connectivity index (χ1n) is 7.14. The van der Waals surface area contributed by atoms with E-state index < -0.39 is 0 Å². The molecule has 0 aromatic carbocycles. The van der Waals surface area contributed by atoms with Crippen molar-refractivity contribution in [1.29, 1.82) is 0 Å². The van der Waals surface area contributed by atoms with Crippen molar-refractivity contribution in [2.45, 2.75) is 58.5 Å². The second kappa shape index (κ2) is 5.50. The fourth-order valence-electron chi connectivity index (χ4n) is 2.39. The van der Waals surface area contributed by atoms with Gasteiger partial charge in [-0.1, -0.05) is 0 Å². The fraction of sp³-hybridized carbons (Fsp3) is 1.00. The highest BCUT2D eigenvalue weighted by Gasteiger charge is 2.28. The number of nitrogens with zero attached hydrogens (tertiary/aromatic N) is 1. The predicted octanol–water partition coefficient (Wildman–Crippen LogP) is 2.49. The Labute approximate surface area is 101 Å². The van der Waals surface area contributed by atoms with Crippen LogP contribution in [0.2, 0.25) is 0 Å². The van der Waals surface area contributed by atoms with Gasteiger partial charge in [-0.2, -0.15) is 0 Å². The smallest absolute Gasteiger partial charge is 0.0110 e. The molecule has 1 unspecified atom stereocenters. The first kappa shape index (κ1) is 12.4. The number of hydrogen-bond acceptors (Lipinski definition) is 2.